The molecule has 0 N–H and O–H groups in total. The Labute approximate surface area is 127 Å². The van der Waals surface area contributed by atoms with Gasteiger partial charge >= 0.3 is 0 Å². The molecule has 2 heterocycles. The summed E-state index contributed by atoms with van der Waals surface area (Å²) in [7, 11) is 0. The van der Waals surface area contributed by atoms with Crippen LogP contribution >= 0.6 is 0 Å². The van der Waals surface area contributed by atoms with E-state index in [2.05, 4.69) is 57.2 Å². The molecule has 3 nitrogen and oxygen atoms in total. The molecule has 1 aliphatic rings. The van der Waals surface area contributed by atoms with Crippen LogP contribution < -0.4 is 0 Å². The fourth-order valence-corrected chi connectivity index (χ4v) is 2.83. The molecule has 3 heteroatoms. The van der Waals surface area contributed by atoms with E-state index >= 15 is 0 Å². The van der Waals surface area contributed by atoms with Crippen molar-refractivity contribution < 1.29 is 0 Å². The number of hydrogen-bond acceptors (Lipinski definition) is 3. The lowest BCUT2D eigenvalue weighted by Crippen LogP contribution is -2.46. The van der Waals surface area contributed by atoms with Crippen molar-refractivity contribution in [1.29, 1.82) is 0 Å². The summed E-state index contributed by atoms with van der Waals surface area (Å²) in [6, 6.07) is 16.9. The van der Waals surface area contributed by atoms with Crippen LogP contribution in [0.5, 0.6) is 0 Å². The molecule has 1 saturated heterocycles. The van der Waals surface area contributed by atoms with E-state index in [4.69, 9.17) is 0 Å². The number of benzene rings is 1. The Kier molecular flexibility index (Phi) is 4.98. The molecule has 1 aromatic carbocycles. The van der Waals surface area contributed by atoms with Gasteiger partial charge in [-0.1, -0.05) is 36.4 Å². The van der Waals surface area contributed by atoms with Crippen molar-refractivity contribution in [3.8, 4) is 0 Å². The van der Waals surface area contributed by atoms with Crippen molar-refractivity contribution >= 4 is 0 Å². The van der Waals surface area contributed by atoms with Gasteiger partial charge in [0.15, 0.2) is 0 Å². The summed E-state index contributed by atoms with van der Waals surface area (Å²) in [6.45, 7) is 6.86. The van der Waals surface area contributed by atoms with Crippen LogP contribution in [0.4, 0.5) is 0 Å². The van der Waals surface area contributed by atoms with Gasteiger partial charge in [0.2, 0.25) is 0 Å². The van der Waals surface area contributed by atoms with Crippen molar-refractivity contribution in [1.82, 2.24) is 14.8 Å². The minimum Gasteiger partial charge on any atom is -0.300 e. The van der Waals surface area contributed by atoms with Crippen LogP contribution in [0.2, 0.25) is 0 Å². The molecule has 0 spiro atoms. The topological polar surface area (TPSA) is 19.4 Å². The van der Waals surface area contributed by atoms with Crippen LogP contribution in [-0.4, -0.2) is 47.5 Å². The fraction of sp³-hybridized carbons (Fsp3) is 0.389. The van der Waals surface area contributed by atoms with Crippen LogP contribution in [0.1, 0.15) is 11.3 Å². The molecule has 0 aliphatic carbocycles. The van der Waals surface area contributed by atoms with Gasteiger partial charge in [0.25, 0.3) is 0 Å². The van der Waals surface area contributed by atoms with E-state index in [1.54, 1.807) is 0 Å². The molecule has 1 aromatic heterocycles. The number of aromatic nitrogens is 1. The van der Waals surface area contributed by atoms with Crippen molar-refractivity contribution in [3.63, 3.8) is 0 Å². The monoisotopic (exact) mass is 281 g/mol. The summed E-state index contributed by atoms with van der Waals surface area (Å²) in [6.07, 6.45) is 2.94. The van der Waals surface area contributed by atoms with Crippen molar-refractivity contribution in [3.05, 3.63) is 66.0 Å². The standard InChI is InChI=1S/C18H23N3/c1-2-6-17(7-3-1)16-21-14-12-20(13-15-21)11-9-18-8-4-5-10-19-18/h1-8,10H,9,11-16H2. The van der Waals surface area contributed by atoms with Crippen LogP contribution in [0, 0.1) is 0 Å². The summed E-state index contributed by atoms with van der Waals surface area (Å²) in [4.78, 5) is 9.50. The molecule has 0 radical (unpaired) electrons. The van der Waals surface area contributed by atoms with Gasteiger partial charge in [-0.05, 0) is 17.7 Å². The van der Waals surface area contributed by atoms with Gasteiger partial charge in [-0.15, -0.1) is 0 Å². The molecule has 21 heavy (non-hydrogen) atoms. The summed E-state index contributed by atoms with van der Waals surface area (Å²) < 4.78 is 0. The van der Waals surface area contributed by atoms with Crippen molar-refractivity contribution in [2.24, 2.45) is 0 Å². The summed E-state index contributed by atoms with van der Waals surface area (Å²) in [5, 5.41) is 0. The third kappa shape index (κ3) is 4.38. The zero-order chi connectivity index (χ0) is 14.3. The lowest BCUT2D eigenvalue weighted by molar-refractivity contribution is 0.128. The van der Waals surface area contributed by atoms with Crippen LogP contribution in [0.3, 0.4) is 0 Å². The Bertz CT molecular complexity index is 519. The van der Waals surface area contributed by atoms with E-state index in [1.807, 2.05) is 12.3 Å². The Balaban J connectivity index is 1.41. The van der Waals surface area contributed by atoms with E-state index in [9.17, 15) is 0 Å². The lowest BCUT2D eigenvalue weighted by atomic mass is 10.2. The van der Waals surface area contributed by atoms with E-state index in [1.165, 1.54) is 24.3 Å². The summed E-state index contributed by atoms with van der Waals surface area (Å²) in [5.74, 6) is 0. The lowest BCUT2D eigenvalue weighted by Gasteiger charge is -2.34. The first-order valence-corrected chi connectivity index (χ1v) is 7.79. The molecule has 0 saturated carbocycles. The van der Waals surface area contributed by atoms with Gasteiger partial charge < -0.3 is 4.90 Å². The zero-order valence-corrected chi connectivity index (χ0v) is 12.5. The maximum Gasteiger partial charge on any atom is 0.0416 e. The largest absolute Gasteiger partial charge is 0.300 e. The number of rotatable bonds is 5. The molecule has 0 amide bonds. The quantitative estimate of drug-likeness (QED) is 0.839. The molecule has 1 fully saturated rings. The van der Waals surface area contributed by atoms with E-state index in [0.29, 0.717) is 0 Å². The van der Waals surface area contributed by atoms with E-state index in [-0.39, 0.29) is 0 Å². The number of nitrogens with zero attached hydrogens (tertiary/aromatic N) is 3. The smallest absolute Gasteiger partial charge is 0.0416 e. The maximum atomic E-state index is 4.40. The third-order valence-corrected chi connectivity index (χ3v) is 4.12. The highest BCUT2D eigenvalue weighted by atomic mass is 15.3. The van der Waals surface area contributed by atoms with Gasteiger partial charge in [-0.3, -0.25) is 9.88 Å². The second-order valence-electron chi connectivity index (χ2n) is 5.67. The average Bonchev–Trinajstić information content (AvgIpc) is 2.56. The number of hydrogen-bond donors (Lipinski definition) is 0. The predicted molar refractivity (Wildman–Crippen MR) is 86.1 cm³/mol. The normalized spacial score (nSPS) is 17.0. The van der Waals surface area contributed by atoms with Gasteiger partial charge in [0.05, 0.1) is 0 Å². The average molecular weight is 281 g/mol. The number of piperazine rings is 1. The molecule has 110 valence electrons. The van der Waals surface area contributed by atoms with Crippen LogP contribution in [0.15, 0.2) is 54.7 Å². The highest BCUT2D eigenvalue weighted by Crippen LogP contribution is 2.09. The fourth-order valence-electron chi connectivity index (χ4n) is 2.83. The molecule has 0 atom stereocenters. The second-order valence-corrected chi connectivity index (χ2v) is 5.67. The van der Waals surface area contributed by atoms with Gasteiger partial charge in [0, 0.05) is 57.6 Å². The first-order valence-electron chi connectivity index (χ1n) is 7.79. The molecule has 2 aromatic rings. The molecular weight excluding hydrogens is 258 g/mol. The van der Waals surface area contributed by atoms with Crippen LogP contribution in [-0.2, 0) is 13.0 Å². The van der Waals surface area contributed by atoms with E-state index < -0.39 is 0 Å². The highest BCUT2D eigenvalue weighted by molar-refractivity contribution is 5.14. The van der Waals surface area contributed by atoms with Gasteiger partial charge in [0.1, 0.15) is 0 Å². The first kappa shape index (κ1) is 14.2. The minimum absolute atomic E-state index is 1.06. The Hall–Kier alpha value is -1.71. The van der Waals surface area contributed by atoms with Crippen molar-refractivity contribution in [2.45, 2.75) is 13.0 Å². The van der Waals surface area contributed by atoms with Crippen molar-refractivity contribution in [2.75, 3.05) is 32.7 Å². The zero-order valence-electron chi connectivity index (χ0n) is 12.5. The molecule has 1 aliphatic heterocycles. The predicted octanol–water partition coefficient (Wildman–Crippen LogP) is 2.44. The Morgan fingerprint density at radius 1 is 0.810 bits per heavy atom. The Morgan fingerprint density at radius 2 is 1.52 bits per heavy atom. The maximum absolute atomic E-state index is 4.40. The SMILES string of the molecule is c1ccc(CN2CCN(CCc3ccccn3)CC2)cc1. The molecule has 0 unspecified atom stereocenters. The summed E-state index contributed by atoms with van der Waals surface area (Å²) in [5.41, 5.74) is 2.61. The first-order chi connectivity index (χ1) is 10.4. The van der Waals surface area contributed by atoms with Gasteiger partial charge in [-0.25, -0.2) is 0 Å². The van der Waals surface area contributed by atoms with Gasteiger partial charge in [-0.2, -0.15) is 0 Å². The Morgan fingerprint density at radius 3 is 2.24 bits per heavy atom. The molecule has 3 rings (SSSR count). The van der Waals surface area contributed by atoms with Crippen LogP contribution in [0.25, 0.3) is 0 Å². The third-order valence-electron chi connectivity index (χ3n) is 4.12. The summed E-state index contributed by atoms with van der Waals surface area (Å²) >= 11 is 0. The highest BCUT2D eigenvalue weighted by Gasteiger charge is 2.16. The van der Waals surface area contributed by atoms with E-state index in [0.717, 1.165) is 32.6 Å². The molecular formula is C18H23N3. The second kappa shape index (κ2) is 7.34. The minimum atomic E-state index is 1.06. The number of pyridine rings is 1. The molecule has 0 bridgehead atoms.